The highest BCUT2D eigenvalue weighted by Crippen LogP contribution is 2.22. The molecule has 4 heteroatoms. The maximum Gasteiger partial charge on any atom is 0.247 e. The number of carbonyl (C=O) groups excluding carboxylic acids is 1. The van der Waals surface area contributed by atoms with Crippen molar-refractivity contribution in [3.63, 3.8) is 0 Å². The van der Waals surface area contributed by atoms with Gasteiger partial charge in [0.15, 0.2) is 0 Å². The molecule has 0 bridgehead atoms. The molecule has 1 aromatic heterocycles. The van der Waals surface area contributed by atoms with E-state index in [0.29, 0.717) is 0 Å². The minimum atomic E-state index is 0.0363. The summed E-state index contributed by atoms with van der Waals surface area (Å²) in [6.07, 6.45) is 3.43. The molecule has 0 fully saturated rings. The number of carbonyl (C=O) groups is 1. The molecule has 106 valence electrons. The topological polar surface area (TPSA) is 33.2 Å². The summed E-state index contributed by atoms with van der Waals surface area (Å²) in [7, 11) is 0. The van der Waals surface area contributed by atoms with Crippen molar-refractivity contribution in [3.05, 3.63) is 35.3 Å². The highest BCUT2D eigenvalue weighted by atomic mass is 32.1. The molecule has 3 nitrogen and oxygen atoms in total. The maximum atomic E-state index is 12.2. The normalized spacial score (nSPS) is 11.9. The van der Waals surface area contributed by atoms with E-state index in [4.69, 9.17) is 0 Å². The van der Waals surface area contributed by atoms with Crippen molar-refractivity contribution in [2.45, 2.75) is 39.8 Å². The van der Waals surface area contributed by atoms with Crippen LogP contribution in [0.1, 0.15) is 32.7 Å². The summed E-state index contributed by atoms with van der Waals surface area (Å²) in [5.74, 6) is 0.0363. The summed E-state index contributed by atoms with van der Waals surface area (Å²) in [6.45, 7) is 8.12. The summed E-state index contributed by atoms with van der Waals surface area (Å²) < 4.78 is 1.14. The van der Waals surface area contributed by atoms with Crippen molar-refractivity contribution < 1.29 is 4.79 Å². The predicted octanol–water partition coefficient (Wildman–Crippen LogP) is 3.95. The smallest absolute Gasteiger partial charge is 0.247 e. The average molecular weight is 288 g/mol. The summed E-state index contributed by atoms with van der Waals surface area (Å²) in [5.41, 5.74) is 0.981. The lowest BCUT2D eigenvalue weighted by molar-refractivity contribution is -0.129. The number of rotatable bonds is 4. The van der Waals surface area contributed by atoms with Gasteiger partial charge in [0, 0.05) is 18.2 Å². The van der Waals surface area contributed by atoms with Gasteiger partial charge < -0.3 is 4.90 Å². The average Bonchev–Trinajstić information content (AvgIpc) is 2.78. The number of aromatic nitrogens is 1. The second-order valence-electron chi connectivity index (χ2n) is 5.29. The van der Waals surface area contributed by atoms with Crippen LogP contribution in [0.2, 0.25) is 0 Å². The van der Waals surface area contributed by atoms with Gasteiger partial charge in [0.05, 0.1) is 10.2 Å². The Kier molecular flexibility index (Phi) is 4.55. The zero-order valence-corrected chi connectivity index (χ0v) is 13.1. The van der Waals surface area contributed by atoms with Gasteiger partial charge in [-0.05, 0) is 45.9 Å². The van der Waals surface area contributed by atoms with Crippen LogP contribution in [0.5, 0.6) is 0 Å². The molecule has 0 unspecified atom stereocenters. The van der Waals surface area contributed by atoms with Crippen LogP contribution < -0.4 is 0 Å². The number of fused-ring (bicyclic) bond motifs is 1. The quantitative estimate of drug-likeness (QED) is 0.798. The van der Waals surface area contributed by atoms with E-state index in [1.165, 1.54) is 0 Å². The first-order valence-electron chi connectivity index (χ1n) is 6.85. The van der Waals surface area contributed by atoms with E-state index in [0.717, 1.165) is 15.2 Å². The zero-order chi connectivity index (χ0) is 14.7. The maximum absolute atomic E-state index is 12.2. The molecule has 1 aromatic carbocycles. The monoisotopic (exact) mass is 288 g/mol. The van der Waals surface area contributed by atoms with E-state index in [1.807, 2.05) is 62.9 Å². The molecule has 20 heavy (non-hydrogen) atoms. The first kappa shape index (κ1) is 14.7. The minimum absolute atomic E-state index is 0.0363. The van der Waals surface area contributed by atoms with Crippen LogP contribution in [0, 0.1) is 0 Å². The number of hydrogen-bond donors (Lipinski definition) is 0. The Hall–Kier alpha value is -1.68. The second-order valence-corrected chi connectivity index (χ2v) is 6.35. The number of thiazole rings is 1. The molecule has 1 heterocycles. The second kappa shape index (κ2) is 6.18. The third-order valence-electron chi connectivity index (χ3n) is 3.05. The lowest BCUT2D eigenvalue weighted by Gasteiger charge is -2.29. The predicted molar refractivity (Wildman–Crippen MR) is 85.8 cm³/mol. The fraction of sp³-hybridized carbons (Fsp3) is 0.375. The van der Waals surface area contributed by atoms with Crippen molar-refractivity contribution >= 4 is 33.5 Å². The van der Waals surface area contributed by atoms with Gasteiger partial charge in [-0.25, -0.2) is 4.98 Å². The van der Waals surface area contributed by atoms with Crippen LogP contribution >= 0.6 is 11.3 Å². The van der Waals surface area contributed by atoms with E-state index in [-0.39, 0.29) is 18.0 Å². The van der Waals surface area contributed by atoms with Crippen molar-refractivity contribution in [3.8, 4) is 0 Å². The van der Waals surface area contributed by atoms with Crippen LogP contribution in [-0.4, -0.2) is 27.9 Å². The van der Waals surface area contributed by atoms with Crippen molar-refractivity contribution in [1.29, 1.82) is 0 Å². The number of hydrogen-bond acceptors (Lipinski definition) is 3. The summed E-state index contributed by atoms with van der Waals surface area (Å²) in [4.78, 5) is 18.6. The van der Waals surface area contributed by atoms with Gasteiger partial charge in [-0.3, -0.25) is 4.79 Å². The fourth-order valence-electron chi connectivity index (χ4n) is 2.30. The SMILES string of the molecule is CC(C)N(C(=O)/C=C/c1nc2ccccc2s1)C(C)C. The van der Waals surface area contributed by atoms with Gasteiger partial charge in [-0.15, -0.1) is 11.3 Å². The molecule has 2 rings (SSSR count). The Morgan fingerprint density at radius 2 is 1.85 bits per heavy atom. The number of nitrogens with zero attached hydrogens (tertiary/aromatic N) is 2. The van der Waals surface area contributed by atoms with Gasteiger partial charge >= 0.3 is 0 Å². The fourth-order valence-corrected chi connectivity index (χ4v) is 3.17. The molecule has 0 N–H and O–H groups in total. The molecule has 0 aliphatic rings. The Morgan fingerprint density at radius 3 is 2.45 bits per heavy atom. The van der Waals surface area contributed by atoms with E-state index >= 15 is 0 Å². The van der Waals surface area contributed by atoms with Crippen molar-refractivity contribution in [2.24, 2.45) is 0 Å². The third-order valence-corrected chi connectivity index (χ3v) is 4.05. The van der Waals surface area contributed by atoms with E-state index < -0.39 is 0 Å². The van der Waals surface area contributed by atoms with Gasteiger partial charge in [0.2, 0.25) is 5.91 Å². The summed E-state index contributed by atoms with van der Waals surface area (Å²) in [5, 5.41) is 0.868. The summed E-state index contributed by atoms with van der Waals surface area (Å²) >= 11 is 1.60. The highest BCUT2D eigenvalue weighted by Gasteiger charge is 2.17. The van der Waals surface area contributed by atoms with E-state index in [1.54, 1.807) is 17.4 Å². The number of para-hydroxylation sites is 1. The molecule has 0 spiro atoms. The van der Waals surface area contributed by atoms with Gasteiger partial charge in [0.1, 0.15) is 5.01 Å². The first-order valence-corrected chi connectivity index (χ1v) is 7.66. The third kappa shape index (κ3) is 3.25. The summed E-state index contributed by atoms with van der Waals surface area (Å²) in [6, 6.07) is 8.39. The largest absolute Gasteiger partial charge is 0.334 e. The lowest BCUT2D eigenvalue weighted by Crippen LogP contribution is -2.41. The molecule has 0 radical (unpaired) electrons. The minimum Gasteiger partial charge on any atom is -0.334 e. The number of benzene rings is 1. The van der Waals surface area contributed by atoms with Crippen LogP contribution in [0.15, 0.2) is 30.3 Å². The van der Waals surface area contributed by atoms with Gasteiger partial charge in [-0.2, -0.15) is 0 Å². The molecule has 0 atom stereocenters. The van der Waals surface area contributed by atoms with Crippen molar-refractivity contribution in [2.75, 3.05) is 0 Å². The Labute approximate surface area is 123 Å². The van der Waals surface area contributed by atoms with E-state index in [9.17, 15) is 4.79 Å². The molecular formula is C16H20N2OS. The Bertz CT molecular complexity index is 587. The van der Waals surface area contributed by atoms with Crippen LogP contribution in [0.4, 0.5) is 0 Å². The Balaban J connectivity index is 2.17. The lowest BCUT2D eigenvalue weighted by atomic mass is 10.2. The molecule has 0 saturated heterocycles. The van der Waals surface area contributed by atoms with Crippen molar-refractivity contribution in [1.82, 2.24) is 9.88 Å². The molecule has 0 saturated carbocycles. The molecule has 2 aromatic rings. The standard InChI is InChI=1S/C16H20N2OS/c1-11(2)18(12(3)4)16(19)10-9-15-17-13-7-5-6-8-14(13)20-15/h5-12H,1-4H3/b10-9+. The van der Waals surface area contributed by atoms with E-state index in [2.05, 4.69) is 4.98 Å². The first-order chi connectivity index (χ1) is 9.49. The highest BCUT2D eigenvalue weighted by molar-refractivity contribution is 7.19. The van der Waals surface area contributed by atoms with Crippen LogP contribution in [0.3, 0.4) is 0 Å². The molecule has 1 amide bonds. The van der Waals surface area contributed by atoms with Gasteiger partial charge in [0.25, 0.3) is 0 Å². The molecule has 0 aliphatic carbocycles. The van der Waals surface area contributed by atoms with Crippen LogP contribution in [0.25, 0.3) is 16.3 Å². The number of amides is 1. The van der Waals surface area contributed by atoms with Crippen LogP contribution in [-0.2, 0) is 4.79 Å². The molecular weight excluding hydrogens is 268 g/mol. The van der Waals surface area contributed by atoms with Gasteiger partial charge in [-0.1, -0.05) is 12.1 Å². The zero-order valence-electron chi connectivity index (χ0n) is 12.3. The molecule has 0 aliphatic heterocycles. The Morgan fingerprint density at radius 1 is 1.20 bits per heavy atom.